The van der Waals surface area contributed by atoms with Gasteiger partial charge >= 0.3 is 0 Å². The summed E-state index contributed by atoms with van der Waals surface area (Å²) in [6.07, 6.45) is 9.52. The second-order valence-corrected chi connectivity index (χ2v) is 14.1. The summed E-state index contributed by atoms with van der Waals surface area (Å²) in [7, 11) is 6.51. The van der Waals surface area contributed by atoms with E-state index in [2.05, 4.69) is 5.32 Å². The van der Waals surface area contributed by atoms with Crippen LogP contribution in [0.2, 0.25) is 6.32 Å². The molecular weight excluding hydrogens is 737 g/mol. The summed E-state index contributed by atoms with van der Waals surface area (Å²) in [4.78, 5) is 52.2. The molecule has 3 amide bonds. The Hall–Kier alpha value is -6.83. The highest BCUT2D eigenvalue weighted by molar-refractivity contribution is 6.22. The van der Waals surface area contributed by atoms with Gasteiger partial charge in [-0.1, -0.05) is 24.3 Å². The summed E-state index contributed by atoms with van der Waals surface area (Å²) in [6.45, 7) is 0.582. The maximum Gasteiger partial charge on any atom is 0.260 e. The zero-order valence-corrected chi connectivity index (χ0v) is 32.7. The van der Waals surface area contributed by atoms with Gasteiger partial charge < -0.3 is 38.8 Å². The number of anilines is 1. The van der Waals surface area contributed by atoms with Gasteiger partial charge in [0.2, 0.25) is 5.91 Å². The summed E-state index contributed by atoms with van der Waals surface area (Å²) in [6, 6.07) is 21.8. The predicted molar refractivity (Wildman–Crippen MR) is 224 cm³/mol. The number of methoxy groups -OCH3 is 3. The van der Waals surface area contributed by atoms with E-state index in [4.69, 9.17) is 33.7 Å². The first-order chi connectivity index (χ1) is 28.3. The van der Waals surface area contributed by atoms with E-state index in [1.807, 2.05) is 75.0 Å². The van der Waals surface area contributed by atoms with Gasteiger partial charge in [-0.3, -0.25) is 24.4 Å². The molecule has 8 rings (SSSR count). The summed E-state index contributed by atoms with van der Waals surface area (Å²) in [5.41, 5.74) is 6.61. The van der Waals surface area contributed by atoms with Crippen molar-refractivity contribution >= 4 is 66.2 Å². The lowest BCUT2D eigenvalue weighted by molar-refractivity contribution is -0.114. The van der Waals surface area contributed by atoms with E-state index in [0.29, 0.717) is 77.7 Å². The average Bonchev–Trinajstić information content (AvgIpc) is 3.83. The molecule has 13 nitrogen and oxygen atoms in total. The summed E-state index contributed by atoms with van der Waals surface area (Å²) < 4.78 is 28.8. The van der Waals surface area contributed by atoms with Crippen LogP contribution < -0.4 is 29.0 Å². The largest absolute Gasteiger partial charge is 0.497 e. The van der Waals surface area contributed by atoms with E-state index < -0.39 is 0 Å². The molecule has 1 unspecified atom stereocenters. The molecule has 0 aromatic heterocycles. The highest BCUT2D eigenvalue weighted by Crippen LogP contribution is 2.42. The van der Waals surface area contributed by atoms with Crippen LogP contribution in [0.15, 0.2) is 95.2 Å². The Morgan fingerprint density at radius 2 is 1.17 bits per heavy atom. The molecule has 0 bridgehead atoms. The molecule has 0 radical (unpaired) electrons. The summed E-state index contributed by atoms with van der Waals surface area (Å²) in [5.74, 6) is 2.14. The van der Waals surface area contributed by atoms with Crippen molar-refractivity contribution in [2.45, 2.75) is 37.7 Å². The fourth-order valence-corrected chi connectivity index (χ4v) is 7.39. The van der Waals surface area contributed by atoms with Gasteiger partial charge in [0.15, 0.2) is 23.0 Å². The van der Waals surface area contributed by atoms with E-state index >= 15 is 0 Å². The van der Waals surface area contributed by atoms with E-state index in [1.54, 1.807) is 47.4 Å². The first kappa shape index (κ1) is 38.1. The van der Waals surface area contributed by atoms with Gasteiger partial charge in [-0.15, -0.1) is 0 Å². The lowest BCUT2D eigenvalue weighted by Crippen LogP contribution is -2.32. The average molecular weight is 780 g/mol. The van der Waals surface area contributed by atoms with Gasteiger partial charge in [0, 0.05) is 61.9 Å². The van der Waals surface area contributed by atoms with Crippen molar-refractivity contribution in [3.63, 3.8) is 0 Å². The third-order valence-electron chi connectivity index (χ3n) is 10.6. The van der Waals surface area contributed by atoms with Crippen LogP contribution in [0, 0.1) is 0 Å². The van der Waals surface area contributed by atoms with Crippen molar-refractivity contribution in [3.8, 4) is 28.7 Å². The van der Waals surface area contributed by atoms with Gasteiger partial charge in [0.1, 0.15) is 13.6 Å². The number of rotatable bonds is 13. The lowest BCUT2D eigenvalue weighted by Gasteiger charge is -2.19. The predicted octanol–water partition coefficient (Wildman–Crippen LogP) is 6.49. The van der Waals surface area contributed by atoms with E-state index in [9.17, 15) is 14.4 Å². The normalized spacial score (nSPS) is 17.6. The van der Waals surface area contributed by atoms with Crippen LogP contribution in [0.1, 0.15) is 51.1 Å². The number of carbonyl (C=O) groups excluding carboxylic acids is 3. The standard InChI is InChI=1S/C44H42BN5O8/c1-54-33-11-7-27(8-12-33)29-16-32-23-47-37-20-41(39(56-3)18-35(37)44(53)50(32)25-29)58-14-4-13-57-40-19-36-34(17-38(40)55-2)43(52)49-24-28(15-31(49)22-46-36)26-5-9-30(10-6-26)48-42(51)21-45/h5-12,17-20,22-25,31-32H,4,13-16,21,45H2,1-3H3,(H,48,51)/t31?,32-/m0/s1. The Morgan fingerprint density at radius 3 is 1.62 bits per heavy atom. The van der Waals surface area contributed by atoms with Crippen LogP contribution >= 0.6 is 0 Å². The Morgan fingerprint density at radius 1 is 0.690 bits per heavy atom. The monoisotopic (exact) mass is 779 g/mol. The first-order valence-corrected chi connectivity index (χ1v) is 19.2. The Balaban J connectivity index is 0.894. The molecule has 4 heterocycles. The molecule has 4 aromatic carbocycles. The number of ether oxygens (including phenoxy) is 5. The van der Waals surface area contributed by atoms with Crippen LogP contribution in [0.3, 0.4) is 0 Å². The highest BCUT2D eigenvalue weighted by atomic mass is 16.5. The second kappa shape index (κ2) is 16.3. The van der Waals surface area contributed by atoms with Gasteiger partial charge in [0.25, 0.3) is 11.8 Å². The van der Waals surface area contributed by atoms with Gasteiger partial charge in [-0.05, 0) is 65.0 Å². The van der Waals surface area contributed by atoms with Gasteiger partial charge in [0.05, 0.1) is 69.1 Å². The molecule has 58 heavy (non-hydrogen) atoms. The minimum absolute atomic E-state index is 0.0477. The first-order valence-electron chi connectivity index (χ1n) is 19.2. The van der Waals surface area contributed by atoms with Gasteiger partial charge in [-0.2, -0.15) is 0 Å². The minimum Gasteiger partial charge on any atom is -0.497 e. The maximum atomic E-state index is 13.8. The number of nitrogens with one attached hydrogen (secondary N) is 1. The Labute approximate surface area is 337 Å². The van der Waals surface area contributed by atoms with E-state index in [1.165, 1.54) is 14.2 Å². The molecule has 0 saturated carbocycles. The van der Waals surface area contributed by atoms with Crippen LogP contribution in [0.4, 0.5) is 17.1 Å². The molecule has 4 aliphatic rings. The number of benzene rings is 4. The molecule has 0 spiro atoms. The number of amides is 3. The smallest absolute Gasteiger partial charge is 0.260 e. The fourth-order valence-electron chi connectivity index (χ4n) is 7.39. The maximum absolute atomic E-state index is 13.8. The summed E-state index contributed by atoms with van der Waals surface area (Å²) in [5, 5.41) is 2.86. The molecule has 1 N–H and O–H groups in total. The number of carbonyl (C=O) groups is 3. The zero-order valence-electron chi connectivity index (χ0n) is 32.7. The third-order valence-corrected chi connectivity index (χ3v) is 10.6. The molecular formula is C44H42BN5O8. The number of hydrogen-bond acceptors (Lipinski definition) is 10. The van der Waals surface area contributed by atoms with Crippen molar-refractivity contribution in [2.75, 3.05) is 39.9 Å². The highest BCUT2D eigenvalue weighted by Gasteiger charge is 2.35. The van der Waals surface area contributed by atoms with Crippen LogP contribution in [0.25, 0.3) is 11.1 Å². The molecule has 0 fully saturated rings. The van der Waals surface area contributed by atoms with Crippen molar-refractivity contribution in [3.05, 3.63) is 107 Å². The zero-order chi connectivity index (χ0) is 40.3. The third kappa shape index (κ3) is 7.52. The van der Waals surface area contributed by atoms with Crippen LogP contribution in [-0.2, 0) is 4.79 Å². The fraction of sp³-hybridized carbons (Fsp3) is 0.250. The molecule has 2 atom stereocenters. The molecule has 0 saturated heterocycles. The number of fused-ring (bicyclic) bond motifs is 4. The molecule has 4 aromatic rings. The number of nitrogens with zero attached hydrogens (tertiary/aromatic N) is 4. The van der Waals surface area contributed by atoms with Crippen LogP contribution in [0.5, 0.6) is 28.7 Å². The Bertz CT molecular complexity index is 2390. The minimum atomic E-state index is -0.248. The Kier molecular flexibility index (Phi) is 10.7. The van der Waals surface area contributed by atoms with Crippen molar-refractivity contribution in [1.82, 2.24) is 9.80 Å². The van der Waals surface area contributed by atoms with Crippen molar-refractivity contribution < 1.29 is 38.1 Å². The van der Waals surface area contributed by atoms with E-state index in [-0.39, 0.29) is 36.4 Å². The molecule has 294 valence electrons. The quantitative estimate of drug-likeness (QED) is 0.120. The molecule has 4 aliphatic heterocycles. The lowest BCUT2D eigenvalue weighted by atomic mass is 10.0. The number of hydrogen-bond donors (Lipinski definition) is 1. The van der Waals surface area contributed by atoms with Gasteiger partial charge in [-0.25, -0.2) is 0 Å². The van der Waals surface area contributed by atoms with Crippen LogP contribution in [-0.4, -0.2) is 94.4 Å². The van der Waals surface area contributed by atoms with E-state index in [0.717, 1.165) is 33.7 Å². The molecule has 14 heteroatoms. The van der Waals surface area contributed by atoms with Crippen molar-refractivity contribution in [1.29, 1.82) is 0 Å². The van der Waals surface area contributed by atoms with Crippen molar-refractivity contribution in [2.24, 2.45) is 9.98 Å². The topological polar surface area (TPSA) is 141 Å². The number of aliphatic imine (C=N–C) groups is 2. The molecule has 0 aliphatic carbocycles. The summed E-state index contributed by atoms with van der Waals surface area (Å²) >= 11 is 0. The SMILES string of the molecule is BCC(=O)Nc1ccc(C2=CN3C(=O)c4cc(OC)c(OCCCOc5cc6c(cc5OC)C(=O)N5C=C(c7ccc(OC)cc7)C[C@H]5C=N6)cc4N=CC3C2)cc1. The second-order valence-electron chi connectivity index (χ2n) is 14.1.